The van der Waals surface area contributed by atoms with Crippen molar-refractivity contribution < 1.29 is 4.79 Å². The fourth-order valence-electron chi connectivity index (χ4n) is 3.25. The second-order valence-electron chi connectivity index (χ2n) is 5.12. The zero-order valence-electron chi connectivity index (χ0n) is 9.74. The summed E-state index contributed by atoms with van der Waals surface area (Å²) in [4.78, 5) is 14.7. The van der Waals surface area contributed by atoms with Gasteiger partial charge in [0.15, 0.2) is 5.78 Å². The lowest BCUT2D eigenvalue weighted by Gasteiger charge is -2.04. The highest BCUT2D eigenvalue weighted by atomic mass is 32.1. The number of ketones is 1. The lowest BCUT2D eigenvalue weighted by Crippen LogP contribution is -2.01. The van der Waals surface area contributed by atoms with Gasteiger partial charge >= 0.3 is 0 Å². The summed E-state index contributed by atoms with van der Waals surface area (Å²) in [5, 5.41) is 0. The summed E-state index contributed by atoms with van der Waals surface area (Å²) >= 11 is 1.71. The van der Waals surface area contributed by atoms with Crippen molar-refractivity contribution in [3.05, 3.63) is 21.9 Å². The van der Waals surface area contributed by atoms with Crippen molar-refractivity contribution in [2.75, 3.05) is 0 Å². The van der Waals surface area contributed by atoms with Crippen molar-refractivity contribution in [3.8, 4) is 0 Å². The molecule has 2 atom stereocenters. The van der Waals surface area contributed by atoms with Gasteiger partial charge in [0.1, 0.15) is 0 Å². The summed E-state index contributed by atoms with van der Waals surface area (Å²) < 4.78 is 0. The van der Waals surface area contributed by atoms with Crippen LogP contribution in [0, 0.1) is 17.8 Å². The SMILES string of the molecule is CCc1ccc(C(=O)C2C3CCCCC32)s1. The van der Waals surface area contributed by atoms with Crippen LogP contribution in [0.4, 0.5) is 0 Å². The van der Waals surface area contributed by atoms with Gasteiger partial charge in [-0.15, -0.1) is 11.3 Å². The quantitative estimate of drug-likeness (QED) is 0.724. The van der Waals surface area contributed by atoms with Crippen molar-refractivity contribution >= 4 is 17.1 Å². The molecule has 2 aliphatic rings. The van der Waals surface area contributed by atoms with Crippen molar-refractivity contribution in [1.29, 1.82) is 0 Å². The molecular formula is C14H18OS. The zero-order valence-corrected chi connectivity index (χ0v) is 10.6. The molecule has 1 nitrogen and oxygen atoms in total. The summed E-state index contributed by atoms with van der Waals surface area (Å²) in [6, 6.07) is 4.15. The number of carbonyl (C=O) groups excluding carboxylic acids is 1. The molecule has 0 amide bonds. The number of thiophene rings is 1. The monoisotopic (exact) mass is 234 g/mol. The van der Waals surface area contributed by atoms with E-state index in [1.807, 2.05) is 6.07 Å². The van der Waals surface area contributed by atoms with E-state index in [0.29, 0.717) is 11.7 Å². The van der Waals surface area contributed by atoms with Gasteiger partial charge in [0.2, 0.25) is 0 Å². The predicted octanol–water partition coefficient (Wildman–Crippen LogP) is 3.93. The molecule has 0 N–H and O–H groups in total. The minimum atomic E-state index is 0.394. The third-order valence-electron chi connectivity index (χ3n) is 4.21. The van der Waals surface area contributed by atoms with Crippen LogP contribution in [0.15, 0.2) is 12.1 Å². The molecule has 0 aliphatic heterocycles. The number of rotatable bonds is 3. The minimum absolute atomic E-state index is 0.394. The van der Waals surface area contributed by atoms with E-state index in [0.717, 1.165) is 23.1 Å². The summed E-state index contributed by atoms with van der Waals surface area (Å²) in [5.74, 6) is 2.33. The second-order valence-corrected chi connectivity index (χ2v) is 6.29. The molecule has 3 rings (SSSR count). The molecule has 1 aromatic heterocycles. The highest BCUT2D eigenvalue weighted by Gasteiger charge is 2.54. The van der Waals surface area contributed by atoms with Gasteiger partial charge in [-0.05, 0) is 43.2 Å². The maximum atomic E-state index is 12.3. The lowest BCUT2D eigenvalue weighted by atomic mass is 10.0. The molecule has 1 heterocycles. The number of aryl methyl sites for hydroxylation is 1. The molecule has 86 valence electrons. The number of fused-ring (bicyclic) bond motifs is 1. The van der Waals surface area contributed by atoms with Crippen molar-refractivity contribution in [1.82, 2.24) is 0 Å². The van der Waals surface area contributed by atoms with Gasteiger partial charge in [-0.1, -0.05) is 19.8 Å². The van der Waals surface area contributed by atoms with Gasteiger partial charge in [-0.2, -0.15) is 0 Å². The Kier molecular flexibility index (Phi) is 2.62. The summed E-state index contributed by atoms with van der Waals surface area (Å²) in [5.41, 5.74) is 0. The molecular weight excluding hydrogens is 216 g/mol. The smallest absolute Gasteiger partial charge is 0.176 e. The van der Waals surface area contributed by atoms with E-state index in [2.05, 4.69) is 13.0 Å². The van der Waals surface area contributed by atoms with E-state index in [9.17, 15) is 4.79 Å². The van der Waals surface area contributed by atoms with Gasteiger partial charge < -0.3 is 0 Å². The fourth-order valence-corrected chi connectivity index (χ4v) is 4.18. The van der Waals surface area contributed by atoms with Crippen LogP contribution in [0.2, 0.25) is 0 Å². The van der Waals surface area contributed by atoms with Gasteiger partial charge in [0.25, 0.3) is 0 Å². The minimum Gasteiger partial charge on any atom is -0.293 e. The molecule has 2 saturated carbocycles. The Morgan fingerprint density at radius 2 is 2.00 bits per heavy atom. The molecule has 2 aliphatic carbocycles. The Morgan fingerprint density at radius 3 is 2.56 bits per heavy atom. The van der Waals surface area contributed by atoms with E-state index in [1.165, 1.54) is 30.6 Å². The van der Waals surface area contributed by atoms with E-state index >= 15 is 0 Å². The number of Topliss-reactive ketones (excluding diaryl/α,β-unsaturated/α-hetero) is 1. The fraction of sp³-hybridized carbons (Fsp3) is 0.643. The second kappa shape index (κ2) is 3.99. The van der Waals surface area contributed by atoms with E-state index in [-0.39, 0.29) is 0 Å². The number of hydrogen-bond acceptors (Lipinski definition) is 2. The Balaban J connectivity index is 1.74. The van der Waals surface area contributed by atoms with E-state index in [1.54, 1.807) is 11.3 Å². The Labute approximate surface area is 101 Å². The first-order chi connectivity index (χ1) is 7.81. The van der Waals surface area contributed by atoms with Crippen molar-refractivity contribution in [2.45, 2.75) is 39.0 Å². The van der Waals surface area contributed by atoms with E-state index in [4.69, 9.17) is 0 Å². The summed E-state index contributed by atoms with van der Waals surface area (Å²) in [6.07, 6.45) is 6.33. The maximum absolute atomic E-state index is 12.3. The summed E-state index contributed by atoms with van der Waals surface area (Å²) in [6.45, 7) is 2.15. The largest absolute Gasteiger partial charge is 0.293 e. The first kappa shape index (κ1) is 10.5. The summed E-state index contributed by atoms with van der Waals surface area (Å²) in [7, 11) is 0. The molecule has 0 saturated heterocycles. The average Bonchev–Trinajstić information content (AvgIpc) is 2.84. The molecule has 0 bridgehead atoms. The van der Waals surface area contributed by atoms with Crippen LogP contribution in [-0.4, -0.2) is 5.78 Å². The molecule has 2 unspecified atom stereocenters. The number of hydrogen-bond donors (Lipinski definition) is 0. The highest BCUT2D eigenvalue weighted by molar-refractivity contribution is 7.14. The highest BCUT2D eigenvalue weighted by Crippen LogP contribution is 2.56. The Morgan fingerprint density at radius 1 is 1.31 bits per heavy atom. The average molecular weight is 234 g/mol. The predicted molar refractivity (Wildman–Crippen MR) is 67.0 cm³/mol. The first-order valence-electron chi connectivity index (χ1n) is 6.44. The van der Waals surface area contributed by atoms with Crippen LogP contribution >= 0.6 is 11.3 Å². The standard InChI is InChI=1S/C14H18OS/c1-2-9-7-8-12(16-9)14(15)13-10-5-3-4-6-11(10)13/h7-8,10-11,13H,2-6H2,1H3. The van der Waals surface area contributed by atoms with Gasteiger partial charge in [-0.3, -0.25) is 4.79 Å². The normalized spacial score (nSPS) is 32.2. The third kappa shape index (κ3) is 1.64. The van der Waals surface area contributed by atoms with E-state index < -0.39 is 0 Å². The van der Waals surface area contributed by atoms with Crippen LogP contribution in [0.3, 0.4) is 0 Å². The zero-order chi connectivity index (χ0) is 11.1. The van der Waals surface area contributed by atoms with Crippen LogP contribution < -0.4 is 0 Å². The molecule has 0 spiro atoms. The van der Waals surface area contributed by atoms with Gasteiger partial charge in [-0.25, -0.2) is 0 Å². The molecule has 1 aromatic rings. The van der Waals surface area contributed by atoms with Gasteiger partial charge in [0, 0.05) is 10.8 Å². The Bertz CT molecular complexity index is 395. The topological polar surface area (TPSA) is 17.1 Å². The van der Waals surface area contributed by atoms with Crippen LogP contribution in [0.25, 0.3) is 0 Å². The molecule has 0 aromatic carbocycles. The molecule has 2 fully saturated rings. The number of carbonyl (C=O) groups is 1. The lowest BCUT2D eigenvalue weighted by molar-refractivity contribution is 0.0960. The molecule has 0 radical (unpaired) electrons. The van der Waals surface area contributed by atoms with Crippen molar-refractivity contribution in [2.24, 2.45) is 17.8 Å². The van der Waals surface area contributed by atoms with Crippen LogP contribution in [0.1, 0.15) is 47.2 Å². The molecule has 16 heavy (non-hydrogen) atoms. The van der Waals surface area contributed by atoms with Gasteiger partial charge in [0.05, 0.1) is 4.88 Å². The van der Waals surface area contributed by atoms with Crippen molar-refractivity contribution in [3.63, 3.8) is 0 Å². The maximum Gasteiger partial charge on any atom is 0.176 e. The Hall–Kier alpha value is -0.630. The molecule has 2 heteroatoms. The van der Waals surface area contributed by atoms with Crippen LogP contribution in [0.5, 0.6) is 0 Å². The first-order valence-corrected chi connectivity index (χ1v) is 7.26. The third-order valence-corrected chi connectivity index (χ3v) is 5.46. The van der Waals surface area contributed by atoms with Crippen LogP contribution in [-0.2, 0) is 6.42 Å².